The third-order valence-electron chi connectivity index (χ3n) is 3.36. The van der Waals surface area contributed by atoms with Gasteiger partial charge in [-0.2, -0.15) is 0 Å². The van der Waals surface area contributed by atoms with Crippen LogP contribution in [0.5, 0.6) is 0 Å². The molecule has 0 bridgehead atoms. The summed E-state index contributed by atoms with van der Waals surface area (Å²) >= 11 is 0. The van der Waals surface area contributed by atoms with E-state index in [2.05, 4.69) is 74.5 Å². The summed E-state index contributed by atoms with van der Waals surface area (Å²) in [6.45, 7) is 4.75. The van der Waals surface area contributed by atoms with Crippen LogP contribution in [0.1, 0.15) is 25.0 Å². The van der Waals surface area contributed by atoms with Crippen LogP contribution in [0.25, 0.3) is 0 Å². The molecule has 0 aliphatic heterocycles. The third kappa shape index (κ3) is 3.85. The maximum Gasteiger partial charge on any atom is 0.0598 e. The second-order valence-electron chi connectivity index (χ2n) is 5.14. The van der Waals surface area contributed by atoms with Crippen molar-refractivity contribution in [2.75, 3.05) is 0 Å². The standard InChI is InChI=1S/C17H21Si/c1-15(2)18(13-16-9-5-3-6-10-16)14-17-11-7-4-8-12-17/h3-12,15H,13-14H2,1-2H3. The highest BCUT2D eigenvalue weighted by Crippen LogP contribution is 2.17. The van der Waals surface area contributed by atoms with Gasteiger partial charge in [0, 0.05) is 0 Å². The molecule has 0 saturated heterocycles. The van der Waals surface area contributed by atoms with Gasteiger partial charge in [-0.3, -0.25) is 0 Å². The third-order valence-corrected chi connectivity index (χ3v) is 6.72. The molecule has 0 nitrogen and oxygen atoms in total. The predicted molar refractivity (Wildman–Crippen MR) is 81.1 cm³/mol. The summed E-state index contributed by atoms with van der Waals surface area (Å²) in [5.74, 6) is 0. The lowest BCUT2D eigenvalue weighted by Gasteiger charge is -2.19. The normalized spacial score (nSPS) is 11.1. The molecule has 0 atom stereocenters. The molecule has 18 heavy (non-hydrogen) atoms. The van der Waals surface area contributed by atoms with E-state index in [0.717, 1.165) is 5.54 Å². The largest absolute Gasteiger partial charge is 0.0653 e. The van der Waals surface area contributed by atoms with Gasteiger partial charge >= 0.3 is 0 Å². The lowest BCUT2D eigenvalue weighted by atomic mass is 10.2. The minimum absolute atomic E-state index is 0.366. The SMILES string of the molecule is CC(C)[Si](Cc1ccccc1)Cc1ccccc1. The van der Waals surface area contributed by atoms with Gasteiger partial charge < -0.3 is 0 Å². The van der Waals surface area contributed by atoms with E-state index in [4.69, 9.17) is 0 Å². The lowest BCUT2D eigenvalue weighted by molar-refractivity contribution is 0.994. The van der Waals surface area contributed by atoms with Gasteiger partial charge in [-0.15, -0.1) is 0 Å². The second kappa shape index (κ2) is 6.55. The van der Waals surface area contributed by atoms with E-state index in [-0.39, 0.29) is 8.80 Å². The zero-order valence-corrected chi connectivity index (χ0v) is 12.3. The summed E-state index contributed by atoms with van der Waals surface area (Å²) in [5.41, 5.74) is 3.81. The fraction of sp³-hybridized carbons (Fsp3) is 0.294. The van der Waals surface area contributed by atoms with Crippen LogP contribution in [0, 0.1) is 0 Å². The van der Waals surface area contributed by atoms with Crippen molar-refractivity contribution in [3.05, 3.63) is 71.8 Å². The molecule has 0 unspecified atom stereocenters. The van der Waals surface area contributed by atoms with Crippen LogP contribution < -0.4 is 0 Å². The number of benzene rings is 2. The average molecular weight is 253 g/mol. The minimum Gasteiger partial charge on any atom is -0.0653 e. The molecule has 0 N–H and O–H groups in total. The zero-order chi connectivity index (χ0) is 12.8. The van der Waals surface area contributed by atoms with E-state index in [9.17, 15) is 0 Å². The summed E-state index contributed by atoms with van der Waals surface area (Å²) in [4.78, 5) is 0. The van der Waals surface area contributed by atoms with E-state index in [0.29, 0.717) is 0 Å². The Kier molecular flexibility index (Phi) is 4.77. The smallest absolute Gasteiger partial charge is 0.0598 e. The fourth-order valence-electron chi connectivity index (χ4n) is 2.19. The Bertz CT molecular complexity index is 406. The van der Waals surface area contributed by atoms with Crippen molar-refractivity contribution in [1.82, 2.24) is 0 Å². The first kappa shape index (κ1) is 13.1. The number of hydrogen-bond donors (Lipinski definition) is 0. The molecular formula is C17H21Si. The number of hydrogen-bond acceptors (Lipinski definition) is 0. The molecule has 2 rings (SSSR count). The Morgan fingerprint density at radius 3 is 1.44 bits per heavy atom. The topological polar surface area (TPSA) is 0 Å². The predicted octanol–water partition coefficient (Wildman–Crippen LogP) is 4.46. The molecule has 2 aromatic carbocycles. The van der Waals surface area contributed by atoms with E-state index in [1.54, 1.807) is 0 Å². The quantitative estimate of drug-likeness (QED) is 0.690. The first-order chi connectivity index (χ1) is 8.75. The molecule has 0 heterocycles. The maximum atomic E-state index is 2.38. The first-order valence-corrected chi connectivity index (χ1v) is 8.67. The molecule has 0 aliphatic carbocycles. The van der Waals surface area contributed by atoms with Crippen LogP contribution in [0.3, 0.4) is 0 Å². The van der Waals surface area contributed by atoms with Gasteiger partial charge in [-0.1, -0.05) is 91.2 Å². The van der Waals surface area contributed by atoms with Crippen molar-refractivity contribution in [3.8, 4) is 0 Å². The molecule has 0 amide bonds. The van der Waals surface area contributed by atoms with Crippen LogP contribution in [-0.4, -0.2) is 8.80 Å². The molecule has 0 spiro atoms. The van der Waals surface area contributed by atoms with Gasteiger partial charge in [0.2, 0.25) is 0 Å². The molecule has 1 heteroatoms. The molecule has 0 saturated carbocycles. The van der Waals surface area contributed by atoms with Crippen molar-refractivity contribution in [1.29, 1.82) is 0 Å². The van der Waals surface area contributed by atoms with Crippen molar-refractivity contribution in [2.24, 2.45) is 0 Å². The van der Waals surface area contributed by atoms with Gasteiger partial charge in [-0.25, -0.2) is 0 Å². The Morgan fingerprint density at radius 1 is 0.722 bits per heavy atom. The molecular weight excluding hydrogens is 232 g/mol. The molecule has 0 fully saturated rings. The Hall–Kier alpha value is -1.34. The highest BCUT2D eigenvalue weighted by atomic mass is 28.3. The van der Waals surface area contributed by atoms with Crippen molar-refractivity contribution >= 4 is 8.80 Å². The lowest BCUT2D eigenvalue weighted by Crippen LogP contribution is -2.24. The second-order valence-corrected chi connectivity index (χ2v) is 8.32. The van der Waals surface area contributed by atoms with Crippen LogP contribution >= 0.6 is 0 Å². The van der Waals surface area contributed by atoms with Crippen LogP contribution in [-0.2, 0) is 12.1 Å². The highest BCUT2D eigenvalue weighted by molar-refractivity contribution is 6.59. The Labute approximate surface area is 112 Å². The van der Waals surface area contributed by atoms with Crippen molar-refractivity contribution in [3.63, 3.8) is 0 Å². The van der Waals surface area contributed by atoms with Crippen LogP contribution in [0.2, 0.25) is 5.54 Å². The molecule has 0 aliphatic rings. The summed E-state index contributed by atoms with van der Waals surface area (Å²) in [7, 11) is -0.366. The van der Waals surface area contributed by atoms with E-state index >= 15 is 0 Å². The zero-order valence-electron chi connectivity index (χ0n) is 11.3. The van der Waals surface area contributed by atoms with Crippen LogP contribution in [0.4, 0.5) is 0 Å². The van der Waals surface area contributed by atoms with Crippen LogP contribution in [0.15, 0.2) is 60.7 Å². The monoisotopic (exact) mass is 253 g/mol. The summed E-state index contributed by atoms with van der Waals surface area (Å²) in [6, 6.07) is 24.4. The van der Waals surface area contributed by atoms with Crippen molar-refractivity contribution < 1.29 is 0 Å². The van der Waals surface area contributed by atoms with E-state index in [1.165, 1.54) is 23.2 Å². The number of rotatable bonds is 5. The summed E-state index contributed by atoms with van der Waals surface area (Å²) in [5, 5.41) is 0. The van der Waals surface area contributed by atoms with E-state index in [1.807, 2.05) is 0 Å². The van der Waals surface area contributed by atoms with Gasteiger partial charge in [0.25, 0.3) is 0 Å². The molecule has 93 valence electrons. The van der Waals surface area contributed by atoms with E-state index < -0.39 is 0 Å². The van der Waals surface area contributed by atoms with Gasteiger partial charge in [0.05, 0.1) is 8.80 Å². The maximum absolute atomic E-state index is 2.38. The molecule has 1 radical (unpaired) electrons. The van der Waals surface area contributed by atoms with Gasteiger partial charge in [0.15, 0.2) is 0 Å². The highest BCUT2D eigenvalue weighted by Gasteiger charge is 2.16. The summed E-state index contributed by atoms with van der Waals surface area (Å²) in [6.07, 6.45) is 0. The summed E-state index contributed by atoms with van der Waals surface area (Å²) < 4.78 is 0. The average Bonchev–Trinajstić information content (AvgIpc) is 2.40. The van der Waals surface area contributed by atoms with Gasteiger partial charge in [-0.05, 0) is 12.1 Å². The Balaban J connectivity index is 2.05. The molecule has 2 aromatic rings. The fourth-order valence-corrected chi connectivity index (χ4v) is 4.65. The van der Waals surface area contributed by atoms with Crippen molar-refractivity contribution in [2.45, 2.75) is 31.5 Å². The molecule has 0 aromatic heterocycles. The first-order valence-electron chi connectivity index (χ1n) is 6.68. The Morgan fingerprint density at radius 2 is 1.11 bits per heavy atom. The minimum atomic E-state index is -0.366. The van der Waals surface area contributed by atoms with Gasteiger partial charge in [0.1, 0.15) is 0 Å².